The zero-order valence-electron chi connectivity index (χ0n) is 17.7. The van der Waals surface area contributed by atoms with Gasteiger partial charge in [0.1, 0.15) is 0 Å². The second kappa shape index (κ2) is 8.83. The molecule has 1 amide bonds. The van der Waals surface area contributed by atoms with Crippen molar-refractivity contribution in [3.05, 3.63) is 38.1 Å². The molecule has 2 bridgehead atoms. The van der Waals surface area contributed by atoms with Crippen molar-refractivity contribution < 1.29 is 39.5 Å². The fraction of sp³-hybridized carbons (Fsp3) is 0.476. The van der Waals surface area contributed by atoms with Gasteiger partial charge in [-0.1, -0.05) is 0 Å². The fourth-order valence-electron chi connectivity index (χ4n) is 4.31. The van der Waals surface area contributed by atoms with Gasteiger partial charge in [0.15, 0.2) is 0 Å². The average Bonchev–Trinajstić information content (AvgIpc) is 3.02. The summed E-state index contributed by atoms with van der Waals surface area (Å²) in [7, 11) is 0. The van der Waals surface area contributed by atoms with Crippen molar-refractivity contribution in [2.24, 2.45) is 0 Å². The number of anilines is 1. The molecule has 174 valence electrons. The molecule has 4 rings (SSSR count). The van der Waals surface area contributed by atoms with Gasteiger partial charge in [-0.25, -0.2) is 0 Å². The van der Waals surface area contributed by atoms with Gasteiger partial charge in [-0.05, 0) is 0 Å². The maximum absolute atomic E-state index is 14.6. The van der Waals surface area contributed by atoms with Crippen LogP contribution in [0.2, 0.25) is 5.02 Å². The molecule has 2 aliphatic rings. The summed E-state index contributed by atoms with van der Waals surface area (Å²) in [5.74, 6) is -0.450. The maximum atomic E-state index is 14.6. The number of fused-ring (bicyclic) bond motifs is 3. The van der Waals surface area contributed by atoms with Gasteiger partial charge in [0.25, 0.3) is 0 Å². The van der Waals surface area contributed by atoms with Crippen molar-refractivity contribution >= 4 is 50.3 Å². The van der Waals surface area contributed by atoms with Gasteiger partial charge in [0, 0.05) is 0 Å². The van der Waals surface area contributed by atoms with Crippen LogP contribution >= 0.6 is 27.5 Å². The molecule has 1 aromatic carbocycles. The summed E-state index contributed by atoms with van der Waals surface area (Å²) in [6.07, 6.45) is 0.217. The van der Waals surface area contributed by atoms with Crippen LogP contribution < -0.4 is 26.1 Å². The van der Waals surface area contributed by atoms with Crippen LogP contribution in [0.15, 0.2) is 21.2 Å². The minimum absolute atomic E-state index is 0.129. The van der Waals surface area contributed by atoms with Crippen LogP contribution in [0.3, 0.4) is 0 Å². The minimum atomic E-state index is -1.02. The molecule has 0 saturated carbocycles. The van der Waals surface area contributed by atoms with Crippen molar-refractivity contribution in [3.63, 3.8) is 0 Å². The van der Waals surface area contributed by atoms with Gasteiger partial charge in [-0.3, -0.25) is 0 Å². The Morgan fingerprint density at radius 1 is 1.38 bits per heavy atom. The molecule has 2 aromatic rings. The van der Waals surface area contributed by atoms with Gasteiger partial charge in [0.2, 0.25) is 0 Å². The standard InChI is InChI=1S/C21H22BrClF2IN4O2/c1-5-26-17-13-7-6-10(30(13)20(31)32-21(2,3)4)9-29(17)18-14-15(22)11(23)8-12(24)16(14)27-19(25)28-18/h5,8,10,13,17H,1,6-7,9H2,2-4H3/q-1/t10-,13+,17+/m1/s1. The van der Waals surface area contributed by atoms with E-state index in [1.807, 2.05) is 34.7 Å². The zero-order chi connectivity index (χ0) is 23.4. The number of carbonyl (C=O) groups is 1. The van der Waals surface area contributed by atoms with Crippen LogP contribution in [-0.4, -0.2) is 49.2 Å². The van der Waals surface area contributed by atoms with Gasteiger partial charge in [-0.2, -0.15) is 0 Å². The van der Waals surface area contributed by atoms with E-state index >= 15 is 0 Å². The Morgan fingerprint density at radius 3 is 2.75 bits per heavy atom. The number of nitrogens with zero attached hydrogens (tertiary/aromatic N) is 4. The number of benzene rings is 1. The van der Waals surface area contributed by atoms with E-state index in [1.165, 1.54) is 0 Å². The Bertz CT molecular complexity index is 1100. The van der Waals surface area contributed by atoms with Gasteiger partial charge < -0.3 is 0 Å². The quantitative estimate of drug-likeness (QED) is 0.170. The third-order valence-corrected chi connectivity index (χ3v) is 9.53. The second-order valence-electron chi connectivity index (χ2n) is 8.69. The number of amides is 1. The molecular formula is C21H22BrClF2IN4O2-. The molecule has 0 radical (unpaired) electrons. The summed E-state index contributed by atoms with van der Waals surface area (Å²) >= 11 is 8.97. The SMILES string of the molecule is C=C[I-][C@@H]1[C@@H]2CC[C@H](CN1c1nc(F)nc3c(F)cc(Cl)c(Br)c13)N2C(=O)OC(C)(C)C. The number of piperazine rings is 1. The Labute approximate surface area is 208 Å². The Kier molecular flexibility index (Phi) is 6.58. The van der Waals surface area contributed by atoms with E-state index < -0.39 is 38.7 Å². The van der Waals surface area contributed by atoms with Crippen LogP contribution in [0.4, 0.5) is 19.4 Å². The number of carbonyl (C=O) groups excluding carboxylic acids is 1. The summed E-state index contributed by atoms with van der Waals surface area (Å²) in [5, 5.41) is 0.469. The summed E-state index contributed by atoms with van der Waals surface area (Å²) in [6.45, 7) is 9.84. The molecule has 0 N–H and O–H groups in total. The Balaban J connectivity index is 1.82. The summed E-state index contributed by atoms with van der Waals surface area (Å²) in [6, 6.07) is 0.837. The van der Waals surface area contributed by atoms with Crippen LogP contribution in [0.5, 0.6) is 0 Å². The molecule has 11 heteroatoms. The van der Waals surface area contributed by atoms with Crippen molar-refractivity contribution in [3.8, 4) is 0 Å². The first-order valence-corrected chi connectivity index (χ1v) is 13.7. The number of halogens is 5. The van der Waals surface area contributed by atoms with E-state index in [9.17, 15) is 13.6 Å². The molecule has 6 nitrogen and oxygen atoms in total. The average molecular weight is 643 g/mol. The molecule has 1 aromatic heterocycles. The van der Waals surface area contributed by atoms with Crippen molar-refractivity contribution in [1.82, 2.24) is 14.9 Å². The van der Waals surface area contributed by atoms with E-state index in [0.717, 1.165) is 18.9 Å². The van der Waals surface area contributed by atoms with Crippen molar-refractivity contribution in [2.75, 3.05) is 11.4 Å². The Morgan fingerprint density at radius 2 is 2.09 bits per heavy atom. The number of hydrogen-bond donors (Lipinski definition) is 0. The third-order valence-electron chi connectivity index (χ3n) is 5.44. The molecule has 3 atom stereocenters. The van der Waals surface area contributed by atoms with Crippen molar-refractivity contribution in [2.45, 2.75) is 55.3 Å². The predicted molar refractivity (Wildman–Crippen MR) is 118 cm³/mol. The molecule has 2 fully saturated rings. The number of alkyl halides is 1. The van der Waals surface area contributed by atoms with Gasteiger partial charge in [-0.15, -0.1) is 0 Å². The number of aromatic nitrogens is 2. The van der Waals surface area contributed by atoms with Gasteiger partial charge >= 0.3 is 210 Å². The first-order valence-electron chi connectivity index (χ1n) is 10.0. The van der Waals surface area contributed by atoms with Crippen molar-refractivity contribution in [1.29, 1.82) is 0 Å². The summed E-state index contributed by atoms with van der Waals surface area (Å²) < 4.78 is 36.8. The summed E-state index contributed by atoms with van der Waals surface area (Å²) in [4.78, 5) is 24.5. The van der Waals surface area contributed by atoms with E-state index in [1.54, 1.807) is 0 Å². The first-order chi connectivity index (χ1) is 15.0. The fourth-order valence-corrected chi connectivity index (χ4v) is 7.57. The van der Waals surface area contributed by atoms with Crippen LogP contribution in [0.25, 0.3) is 10.9 Å². The molecule has 2 saturated heterocycles. The zero-order valence-corrected chi connectivity index (χ0v) is 22.2. The monoisotopic (exact) mass is 641 g/mol. The second-order valence-corrected chi connectivity index (χ2v) is 12.8. The Hall–Kier alpha value is -1.27. The molecule has 0 aliphatic carbocycles. The van der Waals surface area contributed by atoms with Crippen LogP contribution in [-0.2, 0) is 4.74 Å². The normalized spacial score (nSPS) is 23.2. The van der Waals surface area contributed by atoms with E-state index in [2.05, 4.69) is 32.5 Å². The van der Waals surface area contributed by atoms with E-state index in [-0.39, 0.29) is 38.6 Å². The third kappa shape index (κ3) is 4.29. The molecule has 0 unspecified atom stereocenters. The first kappa shape index (κ1) is 23.9. The molecule has 0 spiro atoms. The van der Waals surface area contributed by atoms with Gasteiger partial charge in [0.05, 0.1) is 0 Å². The molecule has 2 aliphatic heterocycles. The molecular weight excluding hydrogens is 621 g/mol. The predicted octanol–water partition coefficient (Wildman–Crippen LogP) is 2.47. The van der Waals surface area contributed by atoms with Crippen LogP contribution in [0, 0.1) is 11.9 Å². The molecule has 3 heterocycles. The number of ether oxygens (including phenoxy) is 1. The van der Waals surface area contributed by atoms with E-state index in [4.69, 9.17) is 16.3 Å². The topological polar surface area (TPSA) is 58.6 Å². The number of rotatable bonds is 3. The summed E-state index contributed by atoms with van der Waals surface area (Å²) in [5.41, 5.74) is -0.747. The number of hydrogen-bond acceptors (Lipinski definition) is 5. The van der Waals surface area contributed by atoms with Crippen LogP contribution in [0.1, 0.15) is 33.6 Å². The molecule has 32 heavy (non-hydrogen) atoms. The van der Waals surface area contributed by atoms with E-state index in [0.29, 0.717) is 16.4 Å².